The second-order valence-electron chi connectivity index (χ2n) is 0.665. The molecule has 0 unspecified atom stereocenters. The van der Waals surface area contributed by atoms with Gasteiger partial charge in [-0.2, -0.15) is 7.05 Å². The van der Waals surface area contributed by atoms with E-state index in [2.05, 4.69) is 5.32 Å². The van der Waals surface area contributed by atoms with Crippen LogP contribution < -0.4 is 0 Å². The van der Waals surface area contributed by atoms with Crippen LogP contribution >= 0.6 is 0 Å². The van der Waals surface area contributed by atoms with Gasteiger partial charge in [0, 0.05) is 19.5 Å². The normalized spacial score (nSPS) is 6.17. The third-order valence-corrected chi connectivity index (χ3v) is 0.257. The van der Waals surface area contributed by atoms with Gasteiger partial charge in [-0.25, -0.2) is 0 Å². The molecule has 0 spiro atoms. The molecule has 0 aromatic heterocycles. The van der Waals surface area contributed by atoms with Gasteiger partial charge in [-0.3, -0.25) is 0 Å². The predicted octanol–water partition coefficient (Wildman–Crippen LogP) is 0.186. The Kier molecular flexibility index (Phi) is 14.3. The largest absolute Gasteiger partial charge is 0.659 e. The molecule has 0 bridgehead atoms. The molecule has 0 saturated carbocycles. The molecule has 2 nitrogen and oxygen atoms in total. The van der Waals surface area contributed by atoms with Gasteiger partial charge in [-0.1, -0.05) is 6.54 Å². The van der Waals surface area contributed by atoms with Gasteiger partial charge < -0.3 is 10.1 Å². The van der Waals surface area contributed by atoms with E-state index in [1.165, 1.54) is 0 Å². The molecule has 0 aliphatic heterocycles. The Balaban J connectivity index is 0. The van der Waals surface area contributed by atoms with Gasteiger partial charge in [-0.15, -0.1) is 0 Å². The van der Waals surface area contributed by atoms with Crippen LogP contribution in [0.3, 0.4) is 0 Å². The second kappa shape index (κ2) is 8.98. The molecule has 0 atom stereocenters. The minimum Gasteiger partial charge on any atom is -0.659 e. The number of nitrogens with zero attached hydrogens (tertiary/aromatic N) is 1. The van der Waals surface area contributed by atoms with Crippen LogP contribution in [-0.4, -0.2) is 19.9 Å². The van der Waals surface area contributed by atoms with E-state index in [1.54, 1.807) is 7.05 Å². The number of aldehydes is 1. The smallest absolute Gasteiger partial charge is 0.0990 e. The zero-order valence-corrected chi connectivity index (χ0v) is 6.81. The van der Waals surface area contributed by atoms with E-state index >= 15 is 0 Å². The number of hydrogen-bond donors (Lipinski definition) is 0. The van der Waals surface area contributed by atoms with Crippen LogP contribution in [0.4, 0.5) is 0 Å². The number of rotatable bonds is 2. The molecular weight excluding hydrogens is 131 g/mol. The maximum absolute atomic E-state index is 9.31. The van der Waals surface area contributed by atoms with Gasteiger partial charge >= 0.3 is 0 Å². The Labute approximate surface area is 50.1 Å². The van der Waals surface area contributed by atoms with E-state index < -0.39 is 0 Å². The number of hydrogen-bond acceptors (Lipinski definition) is 1. The third-order valence-electron chi connectivity index (χ3n) is 0.257. The van der Waals surface area contributed by atoms with Crippen molar-refractivity contribution in [3.8, 4) is 0 Å². The molecular formula is C3H6NOZn-. The van der Waals surface area contributed by atoms with Crippen LogP contribution in [0.25, 0.3) is 5.32 Å². The van der Waals surface area contributed by atoms with Crippen LogP contribution in [0.1, 0.15) is 0 Å². The second-order valence-corrected chi connectivity index (χ2v) is 0.665. The molecule has 0 N–H and O–H groups in total. The van der Waals surface area contributed by atoms with E-state index in [1.807, 2.05) is 0 Å². The van der Waals surface area contributed by atoms with Crippen molar-refractivity contribution < 1.29 is 24.3 Å². The van der Waals surface area contributed by atoms with Crippen molar-refractivity contribution in [2.75, 3.05) is 13.6 Å². The van der Waals surface area contributed by atoms with Crippen molar-refractivity contribution in [1.82, 2.24) is 0 Å². The molecule has 0 saturated heterocycles. The third kappa shape index (κ3) is 8.87. The maximum Gasteiger partial charge on any atom is 0.0990 e. The zero-order chi connectivity index (χ0) is 4.12. The van der Waals surface area contributed by atoms with Crippen LogP contribution in [-0.2, 0) is 24.3 Å². The number of carbonyl (C=O) groups is 1. The fourth-order valence-corrected chi connectivity index (χ4v) is 0.0745. The Morgan fingerprint density at radius 2 is 2.33 bits per heavy atom. The van der Waals surface area contributed by atoms with Crippen molar-refractivity contribution in [2.24, 2.45) is 0 Å². The van der Waals surface area contributed by atoms with Crippen molar-refractivity contribution >= 4 is 6.29 Å². The number of carbonyl (C=O) groups excluding carboxylic acids is 1. The molecule has 6 heavy (non-hydrogen) atoms. The fourth-order valence-electron chi connectivity index (χ4n) is 0.0745. The van der Waals surface area contributed by atoms with E-state index in [0.717, 1.165) is 6.29 Å². The summed E-state index contributed by atoms with van der Waals surface area (Å²) in [6.45, 7) is 0.333. The fraction of sp³-hybridized carbons (Fsp3) is 0.667. The summed E-state index contributed by atoms with van der Waals surface area (Å²) in [4.78, 5) is 9.31. The predicted molar refractivity (Wildman–Crippen MR) is 20.2 cm³/mol. The van der Waals surface area contributed by atoms with E-state index in [9.17, 15) is 4.79 Å². The molecule has 0 aliphatic carbocycles. The summed E-state index contributed by atoms with van der Waals surface area (Å²) in [6.07, 6.45) is 0.764. The first-order chi connectivity index (χ1) is 2.41. The minimum absolute atomic E-state index is 0. The van der Waals surface area contributed by atoms with Gasteiger partial charge in [0.25, 0.3) is 0 Å². The van der Waals surface area contributed by atoms with Gasteiger partial charge in [0.1, 0.15) is 0 Å². The molecule has 0 aromatic rings. The minimum atomic E-state index is 0. The van der Waals surface area contributed by atoms with Crippen molar-refractivity contribution in [2.45, 2.75) is 0 Å². The average molecular weight is 137 g/mol. The van der Waals surface area contributed by atoms with Gasteiger partial charge in [0.2, 0.25) is 0 Å². The Morgan fingerprint density at radius 1 is 1.83 bits per heavy atom. The Morgan fingerprint density at radius 3 is 2.33 bits per heavy atom. The summed E-state index contributed by atoms with van der Waals surface area (Å²) in [7, 11) is 1.61. The molecule has 0 aliphatic rings. The molecule has 0 rings (SSSR count). The standard InChI is InChI=1S/C3H6NO.Zn/c1-4-2-3-5;/h3H,2H2,1H3;/q-1;. The molecule has 0 radical (unpaired) electrons. The van der Waals surface area contributed by atoms with E-state index in [0.29, 0.717) is 6.54 Å². The molecule has 0 heterocycles. The summed E-state index contributed by atoms with van der Waals surface area (Å²) in [6, 6.07) is 0. The first-order valence-corrected chi connectivity index (χ1v) is 1.41. The van der Waals surface area contributed by atoms with Crippen molar-refractivity contribution in [1.29, 1.82) is 0 Å². The van der Waals surface area contributed by atoms with Crippen LogP contribution in [0, 0.1) is 0 Å². The summed E-state index contributed by atoms with van der Waals surface area (Å²) in [5, 5.41) is 3.49. The summed E-state index contributed by atoms with van der Waals surface area (Å²) < 4.78 is 0. The quantitative estimate of drug-likeness (QED) is 0.395. The summed E-state index contributed by atoms with van der Waals surface area (Å²) in [5.41, 5.74) is 0. The van der Waals surface area contributed by atoms with Gasteiger partial charge in [0.15, 0.2) is 0 Å². The first kappa shape index (κ1) is 9.54. The van der Waals surface area contributed by atoms with E-state index in [4.69, 9.17) is 0 Å². The van der Waals surface area contributed by atoms with Crippen molar-refractivity contribution in [3.63, 3.8) is 0 Å². The topological polar surface area (TPSA) is 31.2 Å². The van der Waals surface area contributed by atoms with Crippen molar-refractivity contribution in [3.05, 3.63) is 5.32 Å². The SMILES string of the molecule is C[N-]CC=O.[Zn]. The maximum atomic E-state index is 9.31. The molecule has 32 valence electrons. The molecule has 0 aromatic carbocycles. The Hall–Kier alpha value is 0.253. The molecule has 3 heteroatoms. The van der Waals surface area contributed by atoms with Crippen LogP contribution in [0.2, 0.25) is 0 Å². The van der Waals surface area contributed by atoms with Gasteiger partial charge in [-0.05, 0) is 0 Å². The summed E-state index contributed by atoms with van der Waals surface area (Å²) >= 11 is 0. The number of likely N-dealkylation sites (N-methyl/N-ethyl adjacent to an activating group) is 1. The molecule has 0 fully saturated rings. The average Bonchev–Trinajstić information content (AvgIpc) is 1.41. The first-order valence-electron chi connectivity index (χ1n) is 1.41. The zero-order valence-electron chi connectivity index (χ0n) is 3.85. The Bertz CT molecular complexity index is 32.0. The monoisotopic (exact) mass is 136 g/mol. The van der Waals surface area contributed by atoms with Crippen LogP contribution in [0.15, 0.2) is 0 Å². The van der Waals surface area contributed by atoms with Gasteiger partial charge in [0.05, 0.1) is 6.29 Å². The summed E-state index contributed by atoms with van der Waals surface area (Å²) in [5.74, 6) is 0. The van der Waals surface area contributed by atoms with Crippen LogP contribution in [0.5, 0.6) is 0 Å². The molecule has 0 amide bonds. The van der Waals surface area contributed by atoms with E-state index in [-0.39, 0.29) is 19.5 Å².